The van der Waals surface area contributed by atoms with E-state index in [9.17, 15) is 4.79 Å². The number of carbonyl (C=O) groups is 1. The lowest BCUT2D eigenvalue weighted by Gasteiger charge is -2.27. The minimum atomic E-state index is -0.895. The first-order chi connectivity index (χ1) is 9.31. The molecular formula is C17H23NO2. The molecular weight excluding hydrogens is 250 g/mol. The Kier molecular flexibility index (Phi) is 3.89. The molecule has 108 valence electrons. The maximum absolute atomic E-state index is 10.8. The van der Waals surface area contributed by atoms with Crippen molar-refractivity contribution < 1.29 is 9.90 Å². The molecule has 1 aromatic rings. The topological polar surface area (TPSA) is 40.5 Å². The van der Waals surface area contributed by atoms with Crippen LogP contribution in [0.4, 0.5) is 5.69 Å². The van der Waals surface area contributed by atoms with Crippen LogP contribution in [-0.2, 0) is 10.2 Å². The summed E-state index contributed by atoms with van der Waals surface area (Å²) in [7, 11) is 2.12. The second-order valence-corrected chi connectivity index (χ2v) is 6.31. The molecule has 0 saturated carbocycles. The zero-order valence-electron chi connectivity index (χ0n) is 12.7. The lowest BCUT2D eigenvalue weighted by molar-refractivity contribution is -0.131. The molecule has 0 atom stereocenters. The van der Waals surface area contributed by atoms with Crippen LogP contribution < -0.4 is 4.90 Å². The third-order valence-electron chi connectivity index (χ3n) is 4.23. The Balaban J connectivity index is 2.53. The molecule has 1 aliphatic rings. The number of carboxylic acids is 1. The van der Waals surface area contributed by atoms with Crippen LogP contribution >= 0.6 is 0 Å². The molecule has 0 aromatic heterocycles. The van der Waals surface area contributed by atoms with Gasteiger partial charge in [-0.1, -0.05) is 19.9 Å². The predicted molar refractivity (Wildman–Crippen MR) is 83.3 cm³/mol. The highest BCUT2D eigenvalue weighted by Crippen LogP contribution is 2.39. The van der Waals surface area contributed by atoms with E-state index in [1.165, 1.54) is 23.7 Å². The van der Waals surface area contributed by atoms with Gasteiger partial charge in [-0.15, -0.1) is 0 Å². The number of nitrogens with zero attached hydrogens (tertiary/aromatic N) is 1. The molecule has 3 heteroatoms. The Bertz CT molecular complexity index is 558. The van der Waals surface area contributed by atoms with Gasteiger partial charge in [0.2, 0.25) is 0 Å². The van der Waals surface area contributed by atoms with E-state index in [-0.39, 0.29) is 5.41 Å². The summed E-state index contributed by atoms with van der Waals surface area (Å²) in [4.78, 5) is 13.1. The quantitative estimate of drug-likeness (QED) is 0.836. The maximum Gasteiger partial charge on any atom is 0.328 e. The molecule has 1 heterocycles. The maximum atomic E-state index is 10.8. The highest BCUT2D eigenvalue weighted by molar-refractivity contribution is 5.89. The van der Waals surface area contributed by atoms with Crippen LogP contribution in [0.5, 0.6) is 0 Å². The van der Waals surface area contributed by atoms with Crippen LogP contribution in [-0.4, -0.2) is 24.7 Å². The Morgan fingerprint density at radius 2 is 2.10 bits per heavy atom. The van der Waals surface area contributed by atoms with Crippen LogP contribution in [0.3, 0.4) is 0 Å². The molecule has 0 aliphatic carbocycles. The monoisotopic (exact) mass is 273 g/mol. The molecule has 3 nitrogen and oxygen atoms in total. The summed E-state index contributed by atoms with van der Waals surface area (Å²) in [5.41, 5.74) is 4.49. The fraction of sp³-hybridized carbons (Fsp3) is 0.471. The average Bonchev–Trinajstić information content (AvgIpc) is 2.46. The van der Waals surface area contributed by atoms with E-state index in [2.05, 4.69) is 37.9 Å². The molecule has 0 bridgehead atoms. The first kappa shape index (κ1) is 14.6. The number of rotatable bonds is 2. The van der Waals surface area contributed by atoms with Gasteiger partial charge in [0.1, 0.15) is 0 Å². The summed E-state index contributed by atoms with van der Waals surface area (Å²) in [5.74, 6) is -0.895. The summed E-state index contributed by atoms with van der Waals surface area (Å²) in [6.07, 6.45) is 3.60. The number of aliphatic carboxylic acids is 1. The Hall–Kier alpha value is -1.77. The van der Waals surface area contributed by atoms with E-state index in [4.69, 9.17) is 5.11 Å². The van der Waals surface area contributed by atoms with E-state index >= 15 is 0 Å². The van der Waals surface area contributed by atoms with Gasteiger partial charge in [0.25, 0.3) is 0 Å². The van der Waals surface area contributed by atoms with E-state index in [1.54, 1.807) is 0 Å². The van der Waals surface area contributed by atoms with Crippen molar-refractivity contribution in [1.82, 2.24) is 0 Å². The fourth-order valence-corrected chi connectivity index (χ4v) is 2.94. The number of hydrogen-bond acceptors (Lipinski definition) is 2. The zero-order valence-corrected chi connectivity index (χ0v) is 12.7. The molecule has 1 aliphatic heterocycles. The number of allylic oxidation sites excluding steroid dienone is 1. The molecule has 0 unspecified atom stereocenters. The molecule has 20 heavy (non-hydrogen) atoms. The van der Waals surface area contributed by atoms with Gasteiger partial charge in [-0.25, -0.2) is 4.79 Å². The van der Waals surface area contributed by atoms with Crippen molar-refractivity contribution in [3.05, 3.63) is 35.4 Å². The van der Waals surface area contributed by atoms with Gasteiger partial charge < -0.3 is 10.0 Å². The fourth-order valence-electron chi connectivity index (χ4n) is 2.94. The lowest BCUT2D eigenvalue weighted by Crippen LogP contribution is -2.19. The van der Waals surface area contributed by atoms with E-state index in [1.807, 2.05) is 13.0 Å². The molecule has 0 spiro atoms. The first-order valence-corrected chi connectivity index (χ1v) is 7.08. The second kappa shape index (κ2) is 5.31. The van der Waals surface area contributed by atoms with E-state index < -0.39 is 5.97 Å². The Morgan fingerprint density at radius 1 is 1.40 bits per heavy atom. The van der Waals surface area contributed by atoms with Crippen LogP contribution in [0.2, 0.25) is 0 Å². The van der Waals surface area contributed by atoms with Crippen molar-refractivity contribution in [2.45, 2.75) is 39.0 Å². The summed E-state index contributed by atoms with van der Waals surface area (Å²) in [6, 6.07) is 6.30. The zero-order chi connectivity index (χ0) is 14.9. The first-order valence-electron chi connectivity index (χ1n) is 7.08. The minimum absolute atomic E-state index is 0.125. The summed E-state index contributed by atoms with van der Waals surface area (Å²) in [6.45, 7) is 7.46. The summed E-state index contributed by atoms with van der Waals surface area (Å²) in [5, 5.41) is 8.89. The smallest absolute Gasteiger partial charge is 0.328 e. The van der Waals surface area contributed by atoms with Crippen molar-refractivity contribution >= 4 is 17.2 Å². The van der Waals surface area contributed by atoms with Crippen molar-refractivity contribution in [3.63, 3.8) is 0 Å². The van der Waals surface area contributed by atoms with Crippen molar-refractivity contribution in [2.75, 3.05) is 18.5 Å². The minimum Gasteiger partial charge on any atom is -0.478 e. The number of hydrogen-bond donors (Lipinski definition) is 1. The van der Waals surface area contributed by atoms with Gasteiger partial charge in [-0.3, -0.25) is 0 Å². The van der Waals surface area contributed by atoms with Gasteiger partial charge in [-0.05, 0) is 54.0 Å². The Labute approximate surface area is 120 Å². The third kappa shape index (κ3) is 2.87. The number of benzene rings is 1. The van der Waals surface area contributed by atoms with Gasteiger partial charge >= 0.3 is 5.97 Å². The summed E-state index contributed by atoms with van der Waals surface area (Å²) >= 11 is 0. The van der Waals surface area contributed by atoms with Gasteiger partial charge in [0, 0.05) is 25.4 Å². The van der Waals surface area contributed by atoms with Gasteiger partial charge in [0.05, 0.1) is 0 Å². The van der Waals surface area contributed by atoms with Crippen molar-refractivity contribution in [3.8, 4) is 0 Å². The molecule has 0 radical (unpaired) electrons. The normalized spacial score (nSPS) is 18.4. The van der Waals surface area contributed by atoms with Crippen LogP contribution in [0.1, 0.15) is 44.7 Å². The molecule has 2 rings (SSSR count). The van der Waals surface area contributed by atoms with E-state index in [0.29, 0.717) is 0 Å². The molecule has 0 fully saturated rings. The van der Waals surface area contributed by atoms with Gasteiger partial charge in [0.15, 0.2) is 0 Å². The molecule has 1 N–H and O–H groups in total. The highest BCUT2D eigenvalue weighted by Gasteiger charge is 2.28. The van der Waals surface area contributed by atoms with Crippen LogP contribution in [0.15, 0.2) is 24.3 Å². The van der Waals surface area contributed by atoms with Crippen molar-refractivity contribution in [1.29, 1.82) is 0 Å². The van der Waals surface area contributed by atoms with Crippen LogP contribution in [0.25, 0.3) is 5.57 Å². The molecule has 0 amide bonds. The Morgan fingerprint density at radius 3 is 2.75 bits per heavy atom. The lowest BCUT2D eigenvalue weighted by atomic mass is 9.79. The standard InChI is InChI=1S/C17H23NO2/c1-12(10-16(19)20)13-6-7-15-14(11-13)17(2,3)8-5-9-18(15)4/h6-7,10-11H,5,8-9H2,1-4H3,(H,19,20)/b12-10+. The summed E-state index contributed by atoms with van der Waals surface area (Å²) < 4.78 is 0. The van der Waals surface area contributed by atoms with E-state index in [0.717, 1.165) is 24.1 Å². The van der Waals surface area contributed by atoms with Crippen LogP contribution in [0, 0.1) is 0 Å². The number of carboxylic acid groups (broad SMARTS) is 1. The predicted octanol–water partition coefficient (Wildman–Crippen LogP) is 3.68. The van der Waals surface area contributed by atoms with Crippen molar-refractivity contribution in [2.24, 2.45) is 0 Å². The molecule has 1 aromatic carbocycles. The average molecular weight is 273 g/mol. The second-order valence-electron chi connectivity index (χ2n) is 6.31. The number of anilines is 1. The highest BCUT2D eigenvalue weighted by atomic mass is 16.4. The SMILES string of the molecule is C/C(=C\C(=O)O)c1ccc2c(c1)C(C)(C)CCCN2C. The number of fused-ring (bicyclic) bond motifs is 1. The largest absolute Gasteiger partial charge is 0.478 e. The molecule has 0 saturated heterocycles. The third-order valence-corrected chi connectivity index (χ3v) is 4.23. The van der Waals surface area contributed by atoms with Gasteiger partial charge in [-0.2, -0.15) is 0 Å².